The molecule has 0 aliphatic heterocycles. The second-order valence-electron chi connectivity index (χ2n) is 3.02. The average molecular weight is 183 g/mol. The van der Waals surface area contributed by atoms with Crippen molar-refractivity contribution in [2.45, 2.75) is 26.4 Å². The van der Waals surface area contributed by atoms with Crippen LogP contribution < -0.4 is 5.73 Å². The smallest absolute Gasteiger partial charge is 0.0662 e. The molecule has 0 saturated carbocycles. The highest BCUT2D eigenvalue weighted by molar-refractivity contribution is 5.07. The first-order valence-corrected chi connectivity index (χ1v) is 4.59. The van der Waals surface area contributed by atoms with Crippen molar-refractivity contribution in [2.75, 3.05) is 13.2 Å². The lowest BCUT2D eigenvalue weighted by Crippen LogP contribution is -2.07. The fraction of sp³-hybridized carbons (Fsp3) is 0.667. The number of rotatable bonds is 5. The van der Waals surface area contributed by atoms with E-state index in [1.54, 1.807) is 6.20 Å². The lowest BCUT2D eigenvalue weighted by atomic mass is 10.2. The van der Waals surface area contributed by atoms with Crippen LogP contribution in [0.3, 0.4) is 0 Å². The van der Waals surface area contributed by atoms with Crippen molar-refractivity contribution in [3.8, 4) is 0 Å². The minimum atomic E-state index is 0.0563. The number of nitrogens with zero attached hydrogens (tertiary/aromatic N) is 2. The Labute approximate surface area is 78.7 Å². The van der Waals surface area contributed by atoms with Crippen LogP contribution in [0.5, 0.6) is 0 Å². The third kappa shape index (κ3) is 3.16. The Morgan fingerprint density at radius 2 is 2.46 bits per heavy atom. The first-order chi connectivity index (χ1) is 6.24. The molecule has 0 fully saturated rings. The van der Waals surface area contributed by atoms with Gasteiger partial charge in [0.05, 0.1) is 19.3 Å². The van der Waals surface area contributed by atoms with Crippen LogP contribution in [0.4, 0.5) is 0 Å². The predicted octanol–water partition coefficient (Wildman–Crippen LogP) is 0.939. The van der Waals surface area contributed by atoms with E-state index in [0.717, 1.165) is 18.7 Å². The van der Waals surface area contributed by atoms with Crippen LogP contribution in [0.2, 0.25) is 0 Å². The Morgan fingerprint density at radius 3 is 3.00 bits per heavy atom. The number of hydrogen-bond donors (Lipinski definition) is 1. The van der Waals surface area contributed by atoms with E-state index in [9.17, 15) is 0 Å². The van der Waals surface area contributed by atoms with E-state index >= 15 is 0 Å². The molecule has 0 spiro atoms. The Kier molecular flexibility index (Phi) is 3.92. The van der Waals surface area contributed by atoms with E-state index < -0.39 is 0 Å². The fourth-order valence-corrected chi connectivity index (χ4v) is 1.04. The van der Waals surface area contributed by atoms with Gasteiger partial charge in [-0.05, 0) is 13.8 Å². The van der Waals surface area contributed by atoms with Crippen LogP contribution in [-0.4, -0.2) is 23.0 Å². The quantitative estimate of drug-likeness (QED) is 0.691. The zero-order valence-corrected chi connectivity index (χ0v) is 8.23. The first-order valence-electron chi connectivity index (χ1n) is 4.59. The predicted molar refractivity (Wildman–Crippen MR) is 51.3 cm³/mol. The Hall–Kier alpha value is -0.870. The molecule has 0 amide bonds. The number of aromatic nitrogens is 2. The van der Waals surface area contributed by atoms with Gasteiger partial charge in [0.25, 0.3) is 0 Å². The normalized spacial score (nSPS) is 13.2. The van der Waals surface area contributed by atoms with Crippen molar-refractivity contribution in [3.05, 3.63) is 18.0 Å². The molecule has 0 unspecified atom stereocenters. The minimum Gasteiger partial charge on any atom is -0.380 e. The molecule has 4 heteroatoms. The molecule has 0 aromatic carbocycles. The molecule has 0 bridgehead atoms. The standard InChI is InChI=1S/C9H17N3O/c1-3-13-5-4-12-7-9(6-11-12)8(2)10/h6-8H,3-5,10H2,1-2H3/t8-/m0/s1. The summed E-state index contributed by atoms with van der Waals surface area (Å²) in [6, 6.07) is 0.0563. The summed E-state index contributed by atoms with van der Waals surface area (Å²) in [5.74, 6) is 0. The van der Waals surface area contributed by atoms with Gasteiger partial charge in [0.2, 0.25) is 0 Å². The molecule has 1 heterocycles. The highest BCUT2D eigenvalue weighted by atomic mass is 16.5. The molecule has 4 nitrogen and oxygen atoms in total. The van der Waals surface area contributed by atoms with Gasteiger partial charge < -0.3 is 10.5 Å². The number of nitrogens with two attached hydrogens (primary N) is 1. The molecule has 1 rings (SSSR count). The van der Waals surface area contributed by atoms with Crippen molar-refractivity contribution in [1.82, 2.24) is 9.78 Å². The second kappa shape index (κ2) is 4.99. The lowest BCUT2D eigenvalue weighted by molar-refractivity contribution is 0.136. The summed E-state index contributed by atoms with van der Waals surface area (Å²) < 4.78 is 7.07. The van der Waals surface area contributed by atoms with Crippen LogP contribution in [0.15, 0.2) is 12.4 Å². The van der Waals surface area contributed by atoms with Crippen LogP contribution >= 0.6 is 0 Å². The van der Waals surface area contributed by atoms with E-state index in [-0.39, 0.29) is 6.04 Å². The van der Waals surface area contributed by atoms with Gasteiger partial charge in [-0.1, -0.05) is 0 Å². The van der Waals surface area contributed by atoms with Crippen molar-refractivity contribution in [1.29, 1.82) is 0 Å². The zero-order valence-electron chi connectivity index (χ0n) is 8.23. The maximum absolute atomic E-state index is 5.70. The van der Waals surface area contributed by atoms with Gasteiger partial charge in [-0.15, -0.1) is 0 Å². The summed E-state index contributed by atoms with van der Waals surface area (Å²) in [4.78, 5) is 0. The molecule has 0 radical (unpaired) electrons. The average Bonchev–Trinajstić information content (AvgIpc) is 2.53. The van der Waals surface area contributed by atoms with Gasteiger partial charge in [-0.25, -0.2) is 0 Å². The van der Waals surface area contributed by atoms with Gasteiger partial charge in [-0.3, -0.25) is 4.68 Å². The number of hydrogen-bond acceptors (Lipinski definition) is 3. The zero-order chi connectivity index (χ0) is 9.68. The van der Waals surface area contributed by atoms with Crippen molar-refractivity contribution in [2.24, 2.45) is 5.73 Å². The topological polar surface area (TPSA) is 53.1 Å². The van der Waals surface area contributed by atoms with Gasteiger partial charge in [0.15, 0.2) is 0 Å². The molecule has 0 aliphatic rings. The molecular weight excluding hydrogens is 166 g/mol. The Bertz CT molecular complexity index is 245. The maximum atomic E-state index is 5.70. The van der Waals surface area contributed by atoms with E-state index in [0.29, 0.717) is 6.61 Å². The SMILES string of the molecule is CCOCCn1cc([C@H](C)N)cn1. The van der Waals surface area contributed by atoms with Gasteiger partial charge in [0.1, 0.15) is 0 Å². The van der Waals surface area contributed by atoms with Gasteiger partial charge in [0, 0.05) is 24.4 Å². The molecule has 1 atom stereocenters. The van der Waals surface area contributed by atoms with Crippen LogP contribution in [0, 0.1) is 0 Å². The summed E-state index contributed by atoms with van der Waals surface area (Å²) in [5, 5.41) is 4.17. The highest BCUT2D eigenvalue weighted by Gasteiger charge is 2.01. The van der Waals surface area contributed by atoms with Crippen LogP contribution in [0.1, 0.15) is 25.5 Å². The highest BCUT2D eigenvalue weighted by Crippen LogP contribution is 2.06. The van der Waals surface area contributed by atoms with Crippen LogP contribution in [0.25, 0.3) is 0 Å². The largest absolute Gasteiger partial charge is 0.380 e. The van der Waals surface area contributed by atoms with Crippen molar-refractivity contribution in [3.63, 3.8) is 0 Å². The van der Waals surface area contributed by atoms with Crippen molar-refractivity contribution < 1.29 is 4.74 Å². The van der Waals surface area contributed by atoms with E-state index in [4.69, 9.17) is 10.5 Å². The van der Waals surface area contributed by atoms with Gasteiger partial charge >= 0.3 is 0 Å². The summed E-state index contributed by atoms with van der Waals surface area (Å²) in [7, 11) is 0. The molecule has 0 aliphatic carbocycles. The third-order valence-corrected chi connectivity index (χ3v) is 1.85. The van der Waals surface area contributed by atoms with Crippen LogP contribution in [-0.2, 0) is 11.3 Å². The monoisotopic (exact) mass is 183 g/mol. The lowest BCUT2D eigenvalue weighted by Gasteiger charge is -2.01. The maximum Gasteiger partial charge on any atom is 0.0662 e. The van der Waals surface area contributed by atoms with E-state index in [1.165, 1.54) is 0 Å². The minimum absolute atomic E-state index is 0.0563. The van der Waals surface area contributed by atoms with E-state index in [2.05, 4.69) is 5.10 Å². The summed E-state index contributed by atoms with van der Waals surface area (Å²) >= 11 is 0. The molecule has 2 N–H and O–H groups in total. The molecule has 1 aromatic rings. The summed E-state index contributed by atoms with van der Waals surface area (Å²) in [5.41, 5.74) is 6.76. The summed E-state index contributed by atoms with van der Waals surface area (Å²) in [6.07, 6.45) is 3.76. The summed E-state index contributed by atoms with van der Waals surface area (Å²) in [6.45, 7) is 6.18. The molecule has 1 aromatic heterocycles. The molecular formula is C9H17N3O. The molecule has 0 saturated heterocycles. The second-order valence-corrected chi connectivity index (χ2v) is 3.02. The van der Waals surface area contributed by atoms with Crippen molar-refractivity contribution >= 4 is 0 Å². The third-order valence-electron chi connectivity index (χ3n) is 1.85. The first kappa shape index (κ1) is 10.2. The van der Waals surface area contributed by atoms with Gasteiger partial charge in [-0.2, -0.15) is 5.10 Å². The Morgan fingerprint density at radius 1 is 1.69 bits per heavy atom. The number of ether oxygens (including phenoxy) is 1. The molecule has 74 valence electrons. The Balaban J connectivity index is 2.40. The molecule has 13 heavy (non-hydrogen) atoms. The fourth-order valence-electron chi connectivity index (χ4n) is 1.04. The van der Waals surface area contributed by atoms with E-state index in [1.807, 2.05) is 24.7 Å².